The fourth-order valence-electron chi connectivity index (χ4n) is 2.27. The highest BCUT2D eigenvalue weighted by Gasteiger charge is 2.12. The van der Waals surface area contributed by atoms with E-state index < -0.39 is 4.92 Å². The predicted octanol–water partition coefficient (Wildman–Crippen LogP) is 3.89. The van der Waals surface area contributed by atoms with E-state index in [1.807, 2.05) is 6.07 Å². The molecule has 0 radical (unpaired) electrons. The summed E-state index contributed by atoms with van der Waals surface area (Å²) in [6.07, 6.45) is 1.39. The van der Waals surface area contributed by atoms with Crippen LogP contribution in [0.1, 0.15) is 15.9 Å². The maximum atomic E-state index is 12.5. The lowest BCUT2D eigenvalue weighted by molar-refractivity contribution is -0.384. The third-order valence-corrected chi connectivity index (χ3v) is 3.41. The van der Waals surface area contributed by atoms with Crippen LogP contribution in [0.5, 0.6) is 0 Å². The summed E-state index contributed by atoms with van der Waals surface area (Å²) in [5.41, 5.74) is 2.20. The van der Waals surface area contributed by atoms with Crippen molar-refractivity contribution in [3.05, 3.63) is 94.2 Å². The van der Waals surface area contributed by atoms with E-state index >= 15 is 0 Å². The number of hydrogen-bond acceptors (Lipinski definition) is 4. The maximum absolute atomic E-state index is 12.5. The fraction of sp³-hybridized carbons (Fsp3) is 0. The van der Waals surface area contributed by atoms with Crippen LogP contribution in [0.25, 0.3) is 11.3 Å². The Bertz CT molecular complexity index is 876. The minimum Gasteiger partial charge on any atom is -0.289 e. The Morgan fingerprint density at radius 1 is 0.913 bits per heavy atom. The van der Waals surface area contributed by atoms with Crippen molar-refractivity contribution in [2.75, 3.05) is 0 Å². The van der Waals surface area contributed by atoms with Crippen LogP contribution >= 0.6 is 0 Å². The third-order valence-electron chi connectivity index (χ3n) is 3.41. The van der Waals surface area contributed by atoms with Gasteiger partial charge in [0.1, 0.15) is 0 Å². The van der Waals surface area contributed by atoms with Gasteiger partial charge in [-0.1, -0.05) is 48.5 Å². The highest BCUT2D eigenvalue weighted by atomic mass is 16.6. The molecule has 2 aromatic carbocycles. The molecule has 0 atom stereocenters. The Morgan fingerprint density at radius 3 is 2.39 bits per heavy atom. The molecule has 5 heteroatoms. The van der Waals surface area contributed by atoms with Gasteiger partial charge in [-0.15, -0.1) is 0 Å². The molecule has 0 fully saturated rings. The fourth-order valence-corrected chi connectivity index (χ4v) is 2.27. The van der Waals surface area contributed by atoms with E-state index in [9.17, 15) is 14.9 Å². The van der Waals surface area contributed by atoms with Crippen molar-refractivity contribution in [1.29, 1.82) is 0 Å². The molecular weight excluding hydrogens is 292 g/mol. The van der Waals surface area contributed by atoms with Crippen LogP contribution in [-0.4, -0.2) is 15.7 Å². The van der Waals surface area contributed by atoms with Crippen molar-refractivity contribution in [2.45, 2.75) is 0 Å². The molecule has 23 heavy (non-hydrogen) atoms. The Morgan fingerprint density at radius 2 is 1.65 bits per heavy atom. The summed E-state index contributed by atoms with van der Waals surface area (Å²) in [7, 11) is 0. The average Bonchev–Trinajstić information content (AvgIpc) is 2.62. The van der Waals surface area contributed by atoms with Gasteiger partial charge in [-0.3, -0.25) is 19.9 Å². The Kier molecular flexibility index (Phi) is 3.93. The molecule has 0 N–H and O–H groups in total. The molecule has 112 valence electrons. The number of ketones is 1. The van der Waals surface area contributed by atoms with E-state index in [2.05, 4.69) is 4.98 Å². The van der Waals surface area contributed by atoms with Crippen LogP contribution < -0.4 is 0 Å². The van der Waals surface area contributed by atoms with Crippen molar-refractivity contribution in [3.63, 3.8) is 0 Å². The van der Waals surface area contributed by atoms with Crippen LogP contribution in [0.15, 0.2) is 72.9 Å². The second kappa shape index (κ2) is 6.19. The second-order valence-corrected chi connectivity index (χ2v) is 4.93. The molecule has 0 aliphatic rings. The van der Waals surface area contributed by atoms with E-state index in [0.29, 0.717) is 22.4 Å². The molecule has 0 unspecified atom stereocenters. The molecule has 0 amide bonds. The van der Waals surface area contributed by atoms with E-state index in [1.165, 1.54) is 18.3 Å². The number of pyridine rings is 1. The van der Waals surface area contributed by atoms with Crippen LogP contribution in [0.3, 0.4) is 0 Å². The molecule has 1 heterocycles. The number of carbonyl (C=O) groups is 1. The first-order chi connectivity index (χ1) is 11.1. The Hall–Kier alpha value is -3.34. The first kappa shape index (κ1) is 14.6. The predicted molar refractivity (Wildman–Crippen MR) is 86.2 cm³/mol. The quantitative estimate of drug-likeness (QED) is 0.416. The molecule has 3 aromatic rings. The molecule has 0 spiro atoms. The molecule has 0 saturated heterocycles. The first-order valence-corrected chi connectivity index (χ1v) is 6.96. The lowest BCUT2D eigenvalue weighted by Gasteiger charge is -2.05. The standard InChI is InChI=1S/C18H12N2O3/c21-18(13-5-2-1-3-6-13)15-8-4-7-14(11-15)17-12-16(20(22)23)9-10-19-17/h1-12H. The largest absolute Gasteiger partial charge is 0.289 e. The smallest absolute Gasteiger partial charge is 0.273 e. The van der Waals surface area contributed by atoms with Gasteiger partial charge in [-0.25, -0.2) is 0 Å². The van der Waals surface area contributed by atoms with E-state index in [1.54, 1.807) is 48.5 Å². The summed E-state index contributed by atoms with van der Waals surface area (Å²) in [5.74, 6) is -0.0992. The monoisotopic (exact) mass is 304 g/mol. The number of hydrogen-bond donors (Lipinski definition) is 0. The van der Waals surface area contributed by atoms with Gasteiger partial charge in [0.25, 0.3) is 5.69 Å². The van der Waals surface area contributed by atoms with Gasteiger partial charge >= 0.3 is 0 Å². The molecule has 0 saturated carbocycles. The molecule has 0 aliphatic heterocycles. The summed E-state index contributed by atoms with van der Waals surface area (Å²) >= 11 is 0. The van der Waals surface area contributed by atoms with Gasteiger partial charge in [0, 0.05) is 35.0 Å². The molecule has 0 bridgehead atoms. The highest BCUT2D eigenvalue weighted by molar-refractivity contribution is 6.09. The SMILES string of the molecule is O=C(c1ccccc1)c1cccc(-c2cc([N+](=O)[O-])ccn2)c1. The lowest BCUT2D eigenvalue weighted by Crippen LogP contribution is -2.01. The van der Waals surface area contributed by atoms with Crippen LogP contribution in [0.2, 0.25) is 0 Å². The van der Waals surface area contributed by atoms with Gasteiger partial charge in [-0.2, -0.15) is 0 Å². The summed E-state index contributed by atoms with van der Waals surface area (Å²) in [6.45, 7) is 0. The Balaban J connectivity index is 1.99. The van der Waals surface area contributed by atoms with Gasteiger partial charge in [0.15, 0.2) is 5.78 Å². The van der Waals surface area contributed by atoms with Gasteiger partial charge in [0.05, 0.1) is 10.6 Å². The zero-order chi connectivity index (χ0) is 16.2. The number of nitrogens with zero attached hydrogens (tertiary/aromatic N) is 2. The lowest BCUT2D eigenvalue weighted by atomic mass is 10.00. The zero-order valence-corrected chi connectivity index (χ0v) is 12.0. The van der Waals surface area contributed by atoms with Crippen LogP contribution in [0, 0.1) is 10.1 Å². The van der Waals surface area contributed by atoms with Gasteiger partial charge < -0.3 is 0 Å². The minimum absolute atomic E-state index is 0.0326. The summed E-state index contributed by atoms with van der Waals surface area (Å²) < 4.78 is 0. The first-order valence-electron chi connectivity index (χ1n) is 6.96. The Labute approximate surface area is 132 Å². The van der Waals surface area contributed by atoms with E-state index in [0.717, 1.165) is 0 Å². The van der Waals surface area contributed by atoms with Crippen molar-refractivity contribution in [1.82, 2.24) is 4.98 Å². The van der Waals surface area contributed by atoms with Crippen molar-refractivity contribution < 1.29 is 9.72 Å². The zero-order valence-electron chi connectivity index (χ0n) is 12.0. The molecule has 5 nitrogen and oxygen atoms in total. The topological polar surface area (TPSA) is 73.1 Å². The van der Waals surface area contributed by atoms with Gasteiger partial charge in [0.2, 0.25) is 0 Å². The molecular formula is C18H12N2O3. The average molecular weight is 304 g/mol. The summed E-state index contributed by atoms with van der Waals surface area (Å²) in [6, 6.07) is 18.6. The van der Waals surface area contributed by atoms with Crippen molar-refractivity contribution in [3.8, 4) is 11.3 Å². The summed E-state index contributed by atoms with van der Waals surface area (Å²) in [5, 5.41) is 10.9. The number of aromatic nitrogens is 1. The van der Waals surface area contributed by atoms with E-state index in [4.69, 9.17) is 0 Å². The van der Waals surface area contributed by atoms with Crippen molar-refractivity contribution in [2.24, 2.45) is 0 Å². The minimum atomic E-state index is -0.468. The third kappa shape index (κ3) is 3.13. The van der Waals surface area contributed by atoms with Crippen LogP contribution in [-0.2, 0) is 0 Å². The number of rotatable bonds is 4. The van der Waals surface area contributed by atoms with Gasteiger partial charge in [-0.05, 0) is 6.07 Å². The maximum Gasteiger partial charge on any atom is 0.273 e. The molecule has 3 rings (SSSR count). The molecule has 0 aliphatic carbocycles. The number of carbonyl (C=O) groups excluding carboxylic acids is 1. The van der Waals surface area contributed by atoms with Crippen LogP contribution in [0.4, 0.5) is 5.69 Å². The summed E-state index contributed by atoms with van der Waals surface area (Å²) in [4.78, 5) is 27.0. The number of nitro groups is 1. The van der Waals surface area contributed by atoms with E-state index in [-0.39, 0.29) is 11.5 Å². The molecule has 1 aromatic heterocycles. The highest BCUT2D eigenvalue weighted by Crippen LogP contribution is 2.23. The number of benzene rings is 2. The van der Waals surface area contributed by atoms with Crippen molar-refractivity contribution >= 4 is 11.5 Å². The second-order valence-electron chi connectivity index (χ2n) is 4.93. The normalized spacial score (nSPS) is 10.3.